The average Bonchev–Trinajstić information content (AvgIpc) is 2.35. The number of aliphatic hydroxyl groups is 1. The number of β-amino-alcohol motifs (C(OH)–C–C–N with tert-alkyl or cyclic N) is 1. The second kappa shape index (κ2) is 3.38. The highest BCUT2D eigenvalue weighted by Gasteiger charge is 2.39. The molecule has 1 fully saturated rings. The lowest BCUT2D eigenvalue weighted by atomic mass is 10.1. The molecule has 0 aliphatic carbocycles. The van der Waals surface area contributed by atoms with Gasteiger partial charge in [0.25, 0.3) is 0 Å². The van der Waals surface area contributed by atoms with E-state index in [0.717, 1.165) is 11.8 Å². The second-order valence-corrected chi connectivity index (χ2v) is 3.45. The minimum atomic E-state index is -2.07. The van der Waals surface area contributed by atoms with Crippen molar-refractivity contribution in [2.75, 3.05) is 6.54 Å². The molecule has 1 atom stereocenters. The zero-order valence-electron chi connectivity index (χ0n) is 7.69. The van der Waals surface area contributed by atoms with Crippen LogP contribution in [0.1, 0.15) is 19.8 Å². The molecule has 1 unspecified atom stereocenters. The summed E-state index contributed by atoms with van der Waals surface area (Å²) in [7, 11) is 0. The van der Waals surface area contributed by atoms with Gasteiger partial charge in [0.05, 0.1) is 6.54 Å². The molecule has 0 radical (unpaired) electrons. The summed E-state index contributed by atoms with van der Waals surface area (Å²) < 4.78 is 0. The Kier molecular flexibility index (Phi) is 2.57. The Morgan fingerprint density at radius 3 is 2.21 bits per heavy atom. The van der Waals surface area contributed by atoms with E-state index in [4.69, 9.17) is 5.11 Å². The number of carbonyl (C=O) groups excluding carboxylic acids is 2. The molecule has 0 aromatic heterocycles. The molecule has 1 aliphatic heterocycles. The number of rotatable bonds is 3. The number of carboxylic acids is 1. The SMILES string of the molecule is CC(O)(CN1C(=O)CCC1=O)C(=O)O. The molecule has 1 rings (SSSR count). The minimum Gasteiger partial charge on any atom is -0.479 e. The van der Waals surface area contributed by atoms with E-state index >= 15 is 0 Å². The normalized spacial score (nSPS) is 21.1. The van der Waals surface area contributed by atoms with Crippen molar-refractivity contribution in [1.29, 1.82) is 0 Å². The number of imide groups is 1. The number of hydrogen-bond acceptors (Lipinski definition) is 4. The maximum atomic E-state index is 11.1. The van der Waals surface area contributed by atoms with Crippen LogP contribution in [0.2, 0.25) is 0 Å². The monoisotopic (exact) mass is 201 g/mol. The van der Waals surface area contributed by atoms with E-state index in [1.54, 1.807) is 0 Å². The molecule has 2 N–H and O–H groups in total. The van der Waals surface area contributed by atoms with Crippen LogP contribution in [0.25, 0.3) is 0 Å². The van der Waals surface area contributed by atoms with E-state index in [2.05, 4.69) is 0 Å². The molecule has 78 valence electrons. The largest absolute Gasteiger partial charge is 0.479 e. The number of aliphatic carboxylic acids is 1. The highest BCUT2D eigenvalue weighted by atomic mass is 16.4. The zero-order chi connectivity index (χ0) is 10.9. The van der Waals surface area contributed by atoms with Crippen LogP contribution in [-0.4, -0.2) is 45.0 Å². The van der Waals surface area contributed by atoms with Crippen molar-refractivity contribution in [3.8, 4) is 0 Å². The van der Waals surface area contributed by atoms with Gasteiger partial charge in [-0.05, 0) is 6.92 Å². The predicted molar refractivity (Wildman–Crippen MR) is 44.2 cm³/mol. The molecular weight excluding hydrogens is 190 g/mol. The van der Waals surface area contributed by atoms with Crippen molar-refractivity contribution >= 4 is 17.8 Å². The van der Waals surface area contributed by atoms with Gasteiger partial charge < -0.3 is 10.2 Å². The maximum absolute atomic E-state index is 11.1. The molecule has 2 amide bonds. The van der Waals surface area contributed by atoms with Crippen molar-refractivity contribution in [2.24, 2.45) is 0 Å². The van der Waals surface area contributed by atoms with Crippen molar-refractivity contribution in [1.82, 2.24) is 4.90 Å². The smallest absolute Gasteiger partial charge is 0.337 e. The van der Waals surface area contributed by atoms with Crippen LogP contribution in [0.4, 0.5) is 0 Å². The molecule has 1 saturated heterocycles. The first-order valence-electron chi connectivity index (χ1n) is 4.13. The predicted octanol–water partition coefficient (Wildman–Crippen LogP) is -1.03. The summed E-state index contributed by atoms with van der Waals surface area (Å²) in [5, 5.41) is 17.9. The van der Waals surface area contributed by atoms with Gasteiger partial charge in [0.2, 0.25) is 11.8 Å². The quantitative estimate of drug-likeness (QED) is 0.569. The van der Waals surface area contributed by atoms with Gasteiger partial charge in [-0.15, -0.1) is 0 Å². The summed E-state index contributed by atoms with van der Waals surface area (Å²) in [6.45, 7) is 0.564. The van der Waals surface area contributed by atoms with Gasteiger partial charge in [-0.3, -0.25) is 14.5 Å². The fourth-order valence-electron chi connectivity index (χ4n) is 1.17. The van der Waals surface area contributed by atoms with Crippen LogP contribution in [0.3, 0.4) is 0 Å². The Morgan fingerprint density at radius 2 is 1.86 bits per heavy atom. The average molecular weight is 201 g/mol. The van der Waals surface area contributed by atoms with Crippen LogP contribution in [-0.2, 0) is 14.4 Å². The molecule has 6 heteroatoms. The van der Waals surface area contributed by atoms with Gasteiger partial charge in [0.15, 0.2) is 5.60 Å². The van der Waals surface area contributed by atoms with E-state index in [0.29, 0.717) is 0 Å². The van der Waals surface area contributed by atoms with Gasteiger partial charge in [0, 0.05) is 12.8 Å². The number of nitrogens with zero attached hydrogens (tertiary/aromatic N) is 1. The highest BCUT2D eigenvalue weighted by molar-refractivity contribution is 6.02. The lowest BCUT2D eigenvalue weighted by molar-refractivity contribution is -0.160. The number of carboxylic acid groups (broad SMARTS) is 1. The Bertz CT molecular complexity index is 280. The van der Waals surface area contributed by atoms with E-state index in [9.17, 15) is 19.5 Å². The Hall–Kier alpha value is -1.43. The lowest BCUT2D eigenvalue weighted by Crippen LogP contribution is -2.48. The standard InChI is InChI=1S/C8H11NO5/c1-8(14,7(12)13)4-9-5(10)2-3-6(9)11/h14H,2-4H2,1H3,(H,12,13). The first-order valence-corrected chi connectivity index (χ1v) is 4.13. The Labute approximate surface area is 80.1 Å². The molecule has 0 aromatic carbocycles. The van der Waals surface area contributed by atoms with Gasteiger partial charge in [-0.2, -0.15) is 0 Å². The highest BCUT2D eigenvalue weighted by Crippen LogP contribution is 2.16. The minimum absolute atomic E-state index is 0.0918. The van der Waals surface area contributed by atoms with E-state index in [1.165, 1.54) is 0 Å². The molecule has 0 saturated carbocycles. The number of amides is 2. The van der Waals surface area contributed by atoms with Crippen molar-refractivity contribution < 1.29 is 24.6 Å². The fraction of sp³-hybridized carbons (Fsp3) is 0.625. The third kappa shape index (κ3) is 1.90. The topological polar surface area (TPSA) is 94.9 Å². The van der Waals surface area contributed by atoms with Gasteiger partial charge in [-0.1, -0.05) is 0 Å². The third-order valence-electron chi connectivity index (χ3n) is 2.08. The number of carbonyl (C=O) groups is 3. The van der Waals surface area contributed by atoms with Crippen LogP contribution in [0.5, 0.6) is 0 Å². The van der Waals surface area contributed by atoms with Gasteiger partial charge >= 0.3 is 5.97 Å². The molecule has 1 aliphatic rings. The second-order valence-electron chi connectivity index (χ2n) is 3.45. The Balaban J connectivity index is 2.73. The van der Waals surface area contributed by atoms with Crippen LogP contribution in [0.15, 0.2) is 0 Å². The zero-order valence-corrected chi connectivity index (χ0v) is 7.69. The molecule has 6 nitrogen and oxygen atoms in total. The summed E-state index contributed by atoms with van der Waals surface area (Å²) >= 11 is 0. The molecule has 0 aromatic rings. The summed E-state index contributed by atoms with van der Waals surface area (Å²) in [6, 6.07) is 0. The number of hydrogen-bond donors (Lipinski definition) is 2. The first-order chi connectivity index (χ1) is 6.34. The fourth-order valence-corrected chi connectivity index (χ4v) is 1.17. The van der Waals surface area contributed by atoms with Crippen LogP contribution < -0.4 is 0 Å². The van der Waals surface area contributed by atoms with Crippen LogP contribution in [0, 0.1) is 0 Å². The van der Waals surface area contributed by atoms with Crippen LogP contribution >= 0.6 is 0 Å². The maximum Gasteiger partial charge on any atom is 0.337 e. The van der Waals surface area contributed by atoms with E-state index in [1.807, 2.05) is 0 Å². The van der Waals surface area contributed by atoms with E-state index in [-0.39, 0.29) is 12.8 Å². The number of likely N-dealkylation sites (tertiary alicyclic amines) is 1. The van der Waals surface area contributed by atoms with Gasteiger partial charge in [-0.25, -0.2) is 4.79 Å². The molecule has 0 spiro atoms. The third-order valence-corrected chi connectivity index (χ3v) is 2.08. The molecular formula is C8H11NO5. The lowest BCUT2D eigenvalue weighted by Gasteiger charge is -2.23. The molecule has 14 heavy (non-hydrogen) atoms. The first kappa shape index (κ1) is 10.6. The van der Waals surface area contributed by atoms with E-state index < -0.39 is 29.9 Å². The Morgan fingerprint density at radius 1 is 1.43 bits per heavy atom. The summed E-state index contributed by atoms with van der Waals surface area (Å²) in [5.41, 5.74) is -2.07. The van der Waals surface area contributed by atoms with Crippen molar-refractivity contribution in [3.63, 3.8) is 0 Å². The summed E-state index contributed by atoms with van der Waals surface area (Å²) in [4.78, 5) is 33.5. The van der Waals surface area contributed by atoms with Crippen molar-refractivity contribution in [3.05, 3.63) is 0 Å². The summed E-state index contributed by atoms with van der Waals surface area (Å²) in [6.07, 6.45) is 0.184. The van der Waals surface area contributed by atoms with Crippen molar-refractivity contribution in [2.45, 2.75) is 25.4 Å². The molecule has 1 heterocycles. The van der Waals surface area contributed by atoms with Gasteiger partial charge in [0.1, 0.15) is 0 Å². The summed E-state index contributed by atoms with van der Waals surface area (Å²) in [5.74, 6) is -2.32. The molecule has 0 bridgehead atoms.